The Labute approximate surface area is 565 Å². The average Bonchev–Trinajstić information content (AvgIpc) is 1.60. The molecule has 2 atom stereocenters. The molecule has 0 spiro atoms. The Kier molecular flexibility index (Phi) is 23.7. The molecule has 2 aliphatic rings. The SMILES string of the molecule is CC(C)(C)CC(C)(C)c1ccc(OC2CCCCO2)c(-n2c3cc(C(C)(C)C)ccc3c3ccc(C(C)(C)C)cc32)c1.CC(C)(C)CC(C)(C)c1ccc(OC2CCCCO2)c(I)c1.CC(C)(C)c1ccc2c(c1)[nH]c1cc(C(C)(C)C)ccc12.CNCCNC. The van der Waals surface area contributed by atoms with Gasteiger partial charge >= 0.3 is 0 Å². The molecule has 6 aromatic carbocycles. The highest BCUT2D eigenvalue weighted by Crippen LogP contribution is 2.44. The van der Waals surface area contributed by atoms with Crippen molar-refractivity contribution < 1.29 is 18.9 Å². The third kappa shape index (κ3) is 19.8. The molecule has 9 heteroatoms. The Balaban J connectivity index is 0.000000201. The lowest BCUT2D eigenvalue weighted by Gasteiger charge is -2.34. The molecule has 2 saturated heterocycles. The Morgan fingerprint density at radius 3 is 1.13 bits per heavy atom. The van der Waals surface area contributed by atoms with E-state index in [1.807, 2.05) is 14.1 Å². The highest BCUT2D eigenvalue weighted by atomic mass is 127. The van der Waals surface area contributed by atoms with E-state index in [9.17, 15) is 0 Å². The average molecular weight is 1350 g/mol. The number of aromatic nitrogens is 2. The van der Waals surface area contributed by atoms with E-state index in [2.05, 4.69) is 304 Å². The quantitative estimate of drug-likeness (QED) is 0.0835. The van der Waals surface area contributed by atoms with E-state index in [1.165, 1.54) is 87.0 Å². The van der Waals surface area contributed by atoms with Gasteiger partial charge in [-0.2, -0.15) is 0 Å². The number of ether oxygens (including phenoxy) is 4. The number of hydrogen-bond donors (Lipinski definition) is 3. The maximum atomic E-state index is 6.73. The van der Waals surface area contributed by atoms with Crippen LogP contribution in [0.4, 0.5) is 0 Å². The molecule has 2 fully saturated rings. The van der Waals surface area contributed by atoms with Crippen LogP contribution in [0.2, 0.25) is 0 Å². The van der Waals surface area contributed by atoms with E-state index in [-0.39, 0.29) is 50.5 Å². The van der Waals surface area contributed by atoms with Gasteiger partial charge in [-0.15, -0.1) is 0 Å². The Morgan fingerprint density at radius 2 is 0.780 bits per heavy atom. The third-order valence-corrected chi connectivity index (χ3v) is 18.7. The van der Waals surface area contributed by atoms with Crippen molar-refractivity contribution in [2.75, 3.05) is 40.4 Å². The van der Waals surface area contributed by atoms with Crippen molar-refractivity contribution in [3.63, 3.8) is 0 Å². The zero-order valence-corrected chi connectivity index (χ0v) is 63.1. The van der Waals surface area contributed by atoms with Crippen molar-refractivity contribution in [2.45, 2.75) is 249 Å². The fraction of sp³-hybridized carbons (Fsp3) is 0.561. The topological polar surface area (TPSA) is 81.7 Å². The minimum atomic E-state index is -0.214. The van der Waals surface area contributed by atoms with Crippen LogP contribution in [-0.4, -0.2) is 62.5 Å². The largest absolute Gasteiger partial charge is 0.464 e. The molecule has 0 bridgehead atoms. The van der Waals surface area contributed by atoms with Crippen LogP contribution in [0.25, 0.3) is 49.3 Å². The molecule has 3 N–H and O–H groups in total. The molecular formula is C82H119IN4O4. The molecule has 0 saturated carbocycles. The Morgan fingerprint density at radius 1 is 0.429 bits per heavy atom. The summed E-state index contributed by atoms with van der Waals surface area (Å²) in [5.41, 5.74) is 15.3. The highest BCUT2D eigenvalue weighted by Gasteiger charge is 2.32. The summed E-state index contributed by atoms with van der Waals surface area (Å²) >= 11 is 2.38. The number of H-pyrrole nitrogens is 1. The van der Waals surface area contributed by atoms with Crippen molar-refractivity contribution in [1.82, 2.24) is 20.2 Å². The second kappa shape index (κ2) is 29.4. The summed E-state index contributed by atoms with van der Waals surface area (Å²) < 4.78 is 28.2. The number of nitrogens with one attached hydrogen (secondary N) is 3. The number of aromatic amines is 1. The Hall–Kier alpha value is -4.91. The number of rotatable bonds is 12. The molecule has 0 aliphatic carbocycles. The van der Waals surface area contributed by atoms with E-state index in [4.69, 9.17) is 18.9 Å². The molecule has 0 amide bonds. The molecule has 498 valence electrons. The summed E-state index contributed by atoms with van der Waals surface area (Å²) in [4.78, 5) is 3.60. The van der Waals surface area contributed by atoms with Gasteiger partial charge in [-0.05, 0) is 200 Å². The van der Waals surface area contributed by atoms with Crippen molar-refractivity contribution in [3.05, 3.63) is 146 Å². The van der Waals surface area contributed by atoms with E-state index < -0.39 is 0 Å². The first-order valence-corrected chi connectivity index (χ1v) is 35.2. The minimum absolute atomic E-state index is 0.00122. The first-order chi connectivity index (χ1) is 42.2. The van der Waals surface area contributed by atoms with Crippen molar-refractivity contribution >= 4 is 66.2 Å². The van der Waals surface area contributed by atoms with Gasteiger partial charge in [0.25, 0.3) is 0 Å². The van der Waals surface area contributed by atoms with Gasteiger partial charge in [0, 0.05) is 58.5 Å². The monoisotopic (exact) mass is 1350 g/mol. The molecule has 4 heterocycles. The summed E-state index contributed by atoms with van der Waals surface area (Å²) in [5, 5.41) is 11.2. The van der Waals surface area contributed by atoms with Crippen molar-refractivity contribution in [1.29, 1.82) is 0 Å². The summed E-state index contributed by atoms with van der Waals surface area (Å²) in [6.07, 6.45) is 8.45. The number of halogens is 1. The molecular weight excluding hydrogens is 1230 g/mol. The lowest BCUT2D eigenvalue weighted by atomic mass is 9.72. The van der Waals surface area contributed by atoms with Gasteiger partial charge in [-0.1, -0.05) is 213 Å². The van der Waals surface area contributed by atoms with E-state index >= 15 is 0 Å². The Bertz CT molecular complexity index is 3530. The van der Waals surface area contributed by atoms with Gasteiger partial charge in [0.15, 0.2) is 12.6 Å². The van der Waals surface area contributed by atoms with Crippen LogP contribution < -0.4 is 20.1 Å². The first-order valence-electron chi connectivity index (χ1n) is 34.2. The maximum absolute atomic E-state index is 6.73. The van der Waals surface area contributed by atoms with E-state index in [1.54, 1.807) is 0 Å². The molecule has 8 aromatic rings. The normalized spacial score (nSPS) is 16.5. The lowest BCUT2D eigenvalue weighted by molar-refractivity contribution is -0.106. The predicted octanol–water partition coefficient (Wildman–Crippen LogP) is 22.2. The fourth-order valence-electron chi connectivity index (χ4n) is 13.3. The van der Waals surface area contributed by atoms with Crippen molar-refractivity contribution in [3.8, 4) is 17.2 Å². The highest BCUT2D eigenvalue weighted by molar-refractivity contribution is 14.1. The first kappa shape index (κ1) is 73.5. The predicted molar refractivity (Wildman–Crippen MR) is 401 cm³/mol. The molecule has 2 aromatic heterocycles. The maximum Gasteiger partial charge on any atom is 0.199 e. The van der Waals surface area contributed by atoms with Gasteiger partial charge < -0.3 is 39.1 Å². The molecule has 8 nitrogen and oxygen atoms in total. The minimum Gasteiger partial charge on any atom is -0.464 e. The standard InChI is InChI=1S/C39H53NO2.C20H25N.C19H29IO2.C4H12N2/c1-36(2,3)25-39(10,11)28-17-20-34(42-35-14-12-13-21-41-35)33(24-28)40-31-22-26(37(4,5)6)15-18-29(31)30-19-16-27(23-32(30)40)38(7,8)9;1-19(2,3)13-7-9-15-16-10-8-14(20(4,5)6)12-18(16)21-17(15)11-13;1-18(2,3)13-19(4,5)14-9-10-16(15(20)12-14)22-17-8-6-7-11-21-17;1-5-3-4-6-2/h15-20,22-24,35H,12-14,21,25H2,1-11H3;7-12,21H,1-6H3;9-10,12,17H,6-8,11,13H2,1-5H3;5-6H,3-4H2,1-2H3. The van der Waals surface area contributed by atoms with Crippen LogP contribution >= 0.6 is 22.6 Å². The summed E-state index contributed by atoms with van der Waals surface area (Å²) in [7, 11) is 3.88. The van der Waals surface area contributed by atoms with Crippen LogP contribution in [0.15, 0.2) is 109 Å². The van der Waals surface area contributed by atoms with Crippen LogP contribution in [0.3, 0.4) is 0 Å². The van der Waals surface area contributed by atoms with Crippen LogP contribution in [-0.2, 0) is 42.0 Å². The van der Waals surface area contributed by atoms with Crippen LogP contribution in [0, 0.1) is 14.4 Å². The summed E-state index contributed by atoms with van der Waals surface area (Å²) in [6.45, 7) is 54.3. The summed E-state index contributed by atoms with van der Waals surface area (Å²) in [6, 6.07) is 41.2. The van der Waals surface area contributed by atoms with E-state index in [0.29, 0.717) is 5.41 Å². The van der Waals surface area contributed by atoms with Gasteiger partial charge in [0.1, 0.15) is 11.5 Å². The van der Waals surface area contributed by atoms with Gasteiger partial charge in [0.05, 0.1) is 33.5 Å². The second-order valence-corrected chi connectivity index (χ2v) is 35.2. The van der Waals surface area contributed by atoms with Gasteiger partial charge in [-0.25, -0.2) is 0 Å². The number of fused-ring (bicyclic) bond motifs is 6. The zero-order valence-electron chi connectivity index (χ0n) is 61.0. The zero-order chi connectivity index (χ0) is 67.3. The number of nitrogens with zero attached hydrogens (tertiary/aromatic N) is 1. The third-order valence-electron chi connectivity index (χ3n) is 17.9. The molecule has 10 rings (SSSR count). The van der Waals surface area contributed by atoms with Crippen LogP contribution in [0.1, 0.15) is 237 Å². The molecule has 0 radical (unpaired) electrons. The van der Waals surface area contributed by atoms with Gasteiger partial charge in [0.2, 0.25) is 0 Å². The second-order valence-electron chi connectivity index (χ2n) is 34.1. The fourth-order valence-corrected chi connectivity index (χ4v) is 13.9. The molecule has 2 aliphatic heterocycles. The molecule has 2 unspecified atom stereocenters. The molecule has 91 heavy (non-hydrogen) atoms. The smallest absolute Gasteiger partial charge is 0.199 e. The van der Waals surface area contributed by atoms with Gasteiger partial charge in [-0.3, -0.25) is 0 Å². The number of benzene rings is 6. The number of hydrogen-bond acceptors (Lipinski definition) is 6. The van der Waals surface area contributed by atoms with Crippen LogP contribution in [0.5, 0.6) is 11.5 Å². The van der Waals surface area contributed by atoms with Crippen molar-refractivity contribution in [2.24, 2.45) is 10.8 Å². The number of likely N-dealkylation sites (N-methyl/N-ethyl adjacent to an activating group) is 2. The lowest BCUT2D eigenvalue weighted by Crippen LogP contribution is -2.26. The summed E-state index contributed by atoms with van der Waals surface area (Å²) in [5.74, 6) is 1.83. The van der Waals surface area contributed by atoms with E-state index in [0.717, 1.165) is 88.4 Å².